The van der Waals surface area contributed by atoms with Crippen LogP contribution in [0, 0.1) is 11.3 Å². The van der Waals surface area contributed by atoms with Crippen molar-refractivity contribution in [1.82, 2.24) is 4.98 Å². The highest BCUT2D eigenvalue weighted by molar-refractivity contribution is 5.84. The first kappa shape index (κ1) is 10.6. The SMILES string of the molecule is N#CCc1cc(C(F)(F)F)cc2[nH]ccc12. The second-order valence-corrected chi connectivity index (χ2v) is 3.41. The summed E-state index contributed by atoms with van der Waals surface area (Å²) in [7, 11) is 0. The Morgan fingerprint density at radius 1 is 1.31 bits per heavy atom. The third kappa shape index (κ3) is 1.74. The molecule has 2 aromatic rings. The Labute approximate surface area is 89.3 Å². The van der Waals surface area contributed by atoms with Gasteiger partial charge in [-0.3, -0.25) is 0 Å². The molecule has 1 aromatic heterocycles. The number of H-pyrrole nitrogens is 1. The molecule has 1 aromatic carbocycles. The zero-order valence-electron chi connectivity index (χ0n) is 8.10. The molecule has 0 fully saturated rings. The molecule has 82 valence electrons. The number of aromatic amines is 1. The van der Waals surface area contributed by atoms with Crippen molar-refractivity contribution in [2.75, 3.05) is 0 Å². The van der Waals surface area contributed by atoms with Crippen molar-refractivity contribution >= 4 is 10.9 Å². The predicted molar refractivity (Wildman–Crippen MR) is 52.6 cm³/mol. The van der Waals surface area contributed by atoms with E-state index in [0.717, 1.165) is 12.1 Å². The lowest BCUT2D eigenvalue weighted by molar-refractivity contribution is -0.137. The number of halogens is 3. The highest BCUT2D eigenvalue weighted by atomic mass is 19.4. The molecule has 1 N–H and O–H groups in total. The van der Waals surface area contributed by atoms with E-state index in [4.69, 9.17) is 5.26 Å². The molecule has 0 aliphatic rings. The summed E-state index contributed by atoms with van der Waals surface area (Å²) in [6.07, 6.45) is -2.85. The summed E-state index contributed by atoms with van der Waals surface area (Å²) < 4.78 is 37.6. The van der Waals surface area contributed by atoms with E-state index in [1.807, 2.05) is 6.07 Å². The van der Waals surface area contributed by atoms with Crippen molar-refractivity contribution in [3.63, 3.8) is 0 Å². The van der Waals surface area contributed by atoms with Crippen LogP contribution >= 0.6 is 0 Å². The highest BCUT2D eigenvalue weighted by Gasteiger charge is 2.31. The van der Waals surface area contributed by atoms with E-state index >= 15 is 0 Å². The lowest BCUT2D eigenvalue weighted by Gasteiger charge is -2.08. The van der Waals surface area contributed by atoms with Gasteiger partial charge in [0.2, 0.25) is 0 Å². The van der Waals surface area contributed by atoms with Crippen LogP contribution in [0.1, 0.15) is 11.1 Å². The number of nitrogens with zero attached hydrogens (tertiary/aromatic N) is 1. The van der Waals surface area contributed by atoms with Gasteiger partial charge in [-0.05, 0) is 23.8 Å². The number of alkyl halides is 3. The van der Waals surface area contributed by atoms with Crippen LogP contribution in [-0.2, 0) is 12.6 Å². The third-order valence-corrected chi connectivity index (χ3v) is 2.35. The summed E-state index contributed by atoms with van der Waals surface area (Å²) in [5, 5.41) is 9.23. The molecule has 1 heterocycles. The predicted octanol–water partition coefficient (Wildman–Crippen LogP) is 3.25. The van der Waals surface area contributed by atoms with Crippen molar-refractivity contribution in [2.24, 2.45) is 0 Å². The largest absolute Gasteiger partial charge is 0.416 e. The molecule has 0 atom stereocenters. The van der Waals surface area contributed by atoms with Crippen LogP contribution in [0.25, 0.3) is 10.9 Å². The number of benzene rings is 1. The summed E-state index contributed by atoms with van der Waals surface area (Å²) in [4.78, 5) is 2.72. The van der Waals surface area contributed by atoms with E-state index in [0.29, 0.717) is 16.5 Å². The van der Waals surface area contributed by atoms with Crippen LogP contribution in [0.15, 0.2) is 24.4 Å². The first-order chi connectivity index (χ1) is 7.52. The van der Waals surface area contributed by atoms with Gasteiger partial charge < -0.3 is 4.98 Å². The maximum Gasteiger partial charge on any atom is 0.416 e. The van der Waals surface area contributed by atoms with Gasteiger partial charge >= 0.3 is 6.18 Å². The van der Waals surface area contributed by atoms with Crippen molar-refractivity contribution in [2.45, 2.75) is 12.6 Å². The zero-order valence-corrected chi connectivity index (χ0v) is 8.10. The number of nitriles is 1. The summed E-state index contributed by atoms with van der Waals surface area (Å²) in [5.41, 5.74) is 0.0707. The maximum absolute atomic E-state index is 12.5. The number of nitrogens with one attached hydrogen (secondary N) is 1. The van der Waals surface area contributed by atoms with Crippen molar-refractivity contribution in [3.05, 3.63) is 35.5 Å². The highest BCUT2D eigenvalue weighted by Crippen LogP contribution is 2.33. The van der Waals surface area contributed by atoms with Gasteiger partial charge in [0.25, 0.3) is 0 Å². The summed E-state index contributed by atoms with van der Waals surface area (Å²) in [6.45, 7) is 0. The molecule has 0 spiro atoms. The van der Waals surface area contributed by atoms with E-state index in [2.05, 4.69) is 4.98 Å². The Morgan fingerprint density at radius 2 is 2.06 bits per heavy atom. The van der Waals surface area contributed by atoms with Gasteiger partial charge in [0.15, 0.2) is 0 Å². The molecule has 0 aliphatic carbocycles. The molecular formula is C11H7F3N2. The van der Waals surface area contributed by atoms with Crippen molar-refractivity contribution < 1.29 is 13.2 Å². The minimum Gasteiger partial charge on any atom is -0.361 e. The van der Waals surface area contributed by atoms with Crippen LogP contribution in [0.3, 0.4) is 0 Å². The maximum atomic E-state index is 12.5. The van der Waals surface area contributed by atoms with E-state index in [1.165, 1.54) is 0 Å². The Hall–Kier alpha value is -1.96. The smallest absolute Gasteiger partial charge is 0.361 e. The normalized spacial score (nSPS) is 11.6. The van der Waals surface area contributed by atoms with Gasteiger partial charge in [-0.1, -0.05) is 0 Å². The second kappa shape index (κ2) is 3.56. The molecule has 0 saturated heterocycles. The number of rotatable bonds is 1. The number of hydrogen-bond donors (Lipinski definition) is 1. The molecule has 16 heavy (non-hydrogen) atoms. The molecule has 2 rings (SSSR count). The fourth-order valence-electron chi connectivity index (χ4n) is 1.64. The first-order valence-electron chi connectivity index (χ1n) is 4.56. The fourth-order valence-corrected chi connectivity index (χ4v) is 1.64. The van der Waals surface area contributed by atoms with Gasteiger partial charge in [-0.25, -0.2) is 0 Å². The standard InChI is InChI=1S/C11H7F3N2/c12-11(13,14)8-5-7(1-3-15)9-2-4-16-10(9)6-8/h2,4-6,16H,1H2. The van der Waals surface area contributed by atoms with Crippen molar-refractivity contribution in [3.8, 4) is 6.07 Å². The van der Waals surface area contributed by atoms with Gasteiger partial charge in [0.05, 0.1) is 18.1 Å². The Bertz CT molecular complexity index is 561. The van der Waals surface area contributed by atoms with E-state index in [1.54, 1.807) is 12.3 Å². The van der Waals surface area contributed by atoms with E-state index in [-0.39, 0.29) is 6.42 Å². The van der Waals surface area contributed by atoms with Crippen LogP contribution in [0.2, 0.25) is 0 Å². The van der Waals surface area contributed by atoms with Crippen LogP contribution in [-0.4, -0.2) is 4.98 Å². The Balaban J connectivity index is 2.67. The van der Waals surface area contributed by atoms with Gasteiger partial charge in [0.1, 0.15) is 0 Å². The number of hydrogen-bond acceptors (Lipinski definition) is 1. The van der Waals surface area contributed by atoms with Crippen LogP contribution < -0.4 is 0 Å². The first-order valence-corrected chi connectivity index (χ1v) is 4.56. The minimum absolute atomic E-state index is 0.0295. The monoisotopic (exact) mass is 224 g/mol. The molecule has 0 amide bonds. The van der Waals surface area contributed by atoms with Gasteiger partial charge in [-0.15, -0.1) is 0 Å². The number of fused-ring (bicyclic) bond motifs is 1. The quantitative estimate of drug-likeness (QED) is 0.793. The topological polar surface area (TPSA) is 39.6 Å². The molecule has 5 heteroatoms. The summed E-state index contributed by atoms with van der Waals surface area (Å²) in [6, 6.07) is 5.61. The van der Waals surface area contributed by atoms with E-state index < -0.39 is 11.7 Å². The molecule has 0 radical (unpaired) electrons. The lowest BCUT2D eigenvalue weighted by atomic mass is 10.0. The fraction of sp³-hybridized carbons (Fsp3) is 0.182. The molecule has 2 nitrogen and oxygen atoms in total. The zero-order chi connectivity index (χ0) is 11.8. The summed E-state index contributed by atoms with van der Waals surface area (Å²) in [5.74, 6) is 0. The Morgan fingerprint density at radius 3 is 2.69 bits per heavy atom. The summed E-state index contributed by atoms with van der Waals surface area (Å²) >= 11 is 0. The minimum atomic E-state index is -4.39. The molecule has 0 bridgehead atoms. The van der Waals surface area contributed by atoms with Crippen molar-refractivity contribution in [1.29, 1.82) is 5.26 Å². The Kier molecular flexibility index (Phi) is 2.35. The third-order valence-electron chi connectivity index (χ3n) is 2.35. The van der Waals surface area contributed by atoms with Gasteiger partial charge in [-0.2, -0.15) is 18.4 Å². The van der Waals surface area contributed by atoms with Crippen LogP contribution in [0.5, 0.6) is 0 Å². The van der Waals surface area contributed by atoms with Crippen LogP contribution in [0.4, 0.5) is 13.2 Å². The molecule has 0 aliphatic heterocycles. The van der Waals surface area contributed by atoms with Gasteiger partial charge in [0, 0.05) is 17.1 Å². The molecule has 0 saturated carbocycles. The lowest BCUT2D eigenvalue weighted by Crippen LogP contribution is -2.05. The molecule has 0 unspecified atom stereocenters. The average molecular weight is 224 g/mol. The average Bonchev–Trinajstić information content (AvgIpc) is 2.64. The number of aromatic nitrogens is 1. The molecular weight excluding hydrogens is 217 g/mol. The second-order valence-electron chi connectivity index (χ2n) is 3.41. The van der Waals surface area contributed by atoms with E-state index in [9.17, 15) is 13.2 Å².